The molecule has 4 atom stereocenters. The zero-order valence-electron chi connectivity index (χ0n) is 25.3. The van der Waals surface area contributed by atoms with Crippen molar-refractivity contribution in [3.05, 3.63) is 101 Å². The van der Waals surface area contributed by atoms with E-state index in [1.54, 1.807) is 26.0 Å². The van der Waals surface area contributed by atoms with E-state index in [-0.39, 0.29) is 36.2 Å². The van der Waals surface area contributed by atoms with Gasteiger partial charge >= 0.3 is 0 Å². The Kier molecular flexibility index (Phi) is 9.82. The predicted molar refractivity (Wildman–Crippen MR) is 169 cm³/mol. The summed E-state index contributed by atoms with van der Waals surface area (Å²) in [5.41, 5.74) is 3.27. The minimum absolute atomic E-state index is 0. The van der Waals surface area contributed by atoms with E-state index in [1.165, 1.54) is 0 Å². The molecule has 0 radical (unpaired) electrons. The van der Waals surface area contributed by atoms with Crippen LogP contribution in [0, 0.1) is 5.41 Å². The van der Waals surface area contributed by atoms with Crippen LogP contribution >= 0.6 is 12.4 Å². The molecule has 3 amide bonds. The number of amides is 3. The van der Waals surface area contributed by atoms with E-state index < -0.39 is 29.6 Å². The van der Waals surface area contributed by atoms with Crippen LogP contribution in [0.15, 0.2) is 78.9 Å². The van der Waals surface area contributed by atoms with Gasteiger partial charge in [0.05, 0.1) is 25.2 Å². The average Bonchev–Trinajstić information content (AvgIpc) is 3.24. The number of carbonyl (C=O) groups is 3. The fourth-order valence-electron chi connectivity index (χ4n) is 6.38. The van der Waals surface area contributed by atoms with Crippen LogP contribution in [0.5, 0.6) is 5.75 Å². The summed E-state index contributed by atoms with van der Waals surface area (Å²) >= 11 is 0. The first-order valence-corrected chi connectivity index (χ1v) is 14.5. The highest BCUT2D eigenvalue weighted by atomic mass is 35.5. The molecule has 3 aromatic carbocycles. The molecule has 0 spiro atoms. The summed E-state index contributed by atoms with van der Waals surface area (Å²) in [6, 6.07) is 22.7. The second-order valence-electron chi connectivity index (χ2n) is 12.0. The minimum Gasteiger partial charge on any atom is -0.497 e. The lowest BCUT2D eigenvalue weighted by atomic mass is 9.81. The van der Waals surface area contributed by atoms with Gasteiger partial charge in [0.1, 0.15) is 17.8 Å². The maximum atomic E-state index is 14.4. The van der Waals surface area contributed by atoms with Crippen LogP contribution in [0.3, 0.4) is 0 Å². The van der Waals surface area contributed by atoms with Crippen molar-refractivity contribution in [3.8, 4) is 5.75 Å². The molecule has 2 aliphatic rings. The quantitative estimate of drug-likeness (QED) is 0.355. The lowest BCUT2D eigenvalue weighted by Crippen LogP contribution is -2.57. The third kappa shape index (κ3) is 6.40. The van der Waals surface area contributed by atoms with Crippen LogP contribution in [-0.4, -0.2) is 54.9 Å². The molecule has 9 heteroatoms. The van der Waals surface area contributed by atoms with E-state index in [9.17, 15) is 14.4 Å². The summed E-state index contributed by atoms with van der Waals surface area (Å²) < 4.78 is 5.55. The number of benzene rings is 3. The number of rotatable bonds is 8. The van der Waals surface area contributed by atoms with E-state index in [2.05, 4.69) is 16.0 Å². The molecule has 2 aliphatic heterocycles. The fraction of sp³-hybridized carbons (Fsp3) is 0.382. The largest absolute Gasteiger partial charge is 0.497 e. The molecular weight excluding hydrogens is 564 g/mol. The second-order valence-corrected chi connectivity index (χ2v) is 12.0. The van der Waals surface area contributed by atoms with Gasteiger partial charge < -0.3 is 25.6 Å². The molecule has 0 aliphatic carbocycles. The Balaban J connectivity index is 0.00000423. The molecular formula is C34H41ClN4O4. The predicted octanol–water partition coefficient (Wildman–Crippen LogP) is 4.34. The Hall–Kier alpha value is -3.88. The Morgan fingerprint density at radius 3 is 2.14 bits per heavy atom. The summed E-state index contributed by atoms with van der Waals surface area (Å²) in [6.07, 6.45) is 0.921. The van der Waals surface area contributed by atoms with Crippen molar-refractivity contribution in [1.29, 1.82) is 0 Å². The Morgan fingerprint density at radius 2 is 1.58 bits per heavy atom. The number of nitrogens with one attached hydrogen (secondary N) is 3. The molecule has 8 nitrogen and oxygen atoms in total. The van der Waals surface area contributed by atoms with Crippen LogP contribution in [0.1, 0.15) is 61.5 Å². The van der Waals surface area contributed by atoms with E-state index in [1.807, 2.05) is 92.7 Å². The number of hydrogen-bond acceptors (Lipinski definition) is 5. The third-order valence-corrected chi connectivity index (χ3v) is 8.71. The summed E-state index contributed by atoms with van der Waals surface area (Å²) in [6.45, 7) is 5.83. The maximum Gasteiger partial charge on any atom is 0.246 e. The molecule has 5 rings (SSSR count). The van der Waals surface area contributed by atoms with Crippen molar-refractivity contribution in [2.45, 2.75) is 63.8 Å². The van der Waals surface area contributed by atoms with Gasteiger partial charge in [-0.1, -0.05) is 80.6 Å². The number of nitrogens with zero attached hydrogens (tertiary/aromatic N) is 1. The van der Waals surface area contributed by atoms with Gasteiger partial charge in [0, 0.05) is 6.42 Å². The lowest BCUT2D eigenvalue weighted by Gasteiger charge is -2.35. The number of fused-ring (bicyclic) bond motifs is 3. The monoisotopic (exact) mass is 604 g/mol. The SMILES string of the molecule is CN[C@@H](C)C(=O)N[C@H]1Cc2ccc(OC)cc2[C@H]2CC(C)(C)C(C(=O)NC(c3ccccc3)c3ccccc3)N2C1=O.Cl. The molecule has 43 heavy (non-hydrogen) atoms. The smallest absolute Gasteiger partial charge is 0.246 e. The van der Waals surface area contributed by atoms with Crippen LogP contribution < -0.4 is 20.7 Å². The molecule has 2 heterocycles. The number of halogens is 1. The van der Waals surface area contributed by atoms with Gasteiger partial charge in [-0.25, -0.2) is 0 Å². The maximum absolute atomic E-state index is 14.4. The lowest BCUT2D eigenvalue weighted by molar-refractivity contribution is -0.145. The van der Waals surface area contributed by atoms with Gasteiger partial charge in [0.25, 0.3) is 0 Å². The first-order chi connectivity index (χ1) is 20.1. The number of likely N-dealkylation sites (N-methyl/N-ethyl adjacent to an activating group) is 1. The second kappa shape index (κ2) is 13.2. The van der Waals surface area contributed by atoms with Crippen molar-refractivity contribution in [2.75, 3.05) is 14.2 Å². The topological polar surface area (TPSA) is 99.8 Å². The van der Waals surface area contributed by atoms with Gasteiger partial charge in [-0.2, -0.15) is 0 Å². The van der Waals surface area contributed by atoms with Crippen molar-refractivity contribution in [3.63, 3.8) is 0 Å². The number of carbonyl (C=O) groups excluding carboxylic acids is 3. The molecule has 1 fully saturated rings. The summed E-state index contributed by atoms with van der Waals surface area (Å²) in [5.74, 6) is -0.0644. The molecule has 1 unspecified atom stereocenters. The third-order valence-electron chi connectivity index (χ3n) is 8.71. The van der Waals surface area contributed by atoms with Crippen molar-refractivity contribution in [1.82, 2.24) is 20.9 Å². The van der Waals surface area contributed by atoms with E-state index in [4.69, 9.17) is 4.74 Å². The van der Waals surface area contributed by atoms with Crippen molar-refractivity contribution in [2.24, 2.45) is 5.41 Å². The number of ether oxygens (including phenoxy) is 1. The highest BCUT2D eigenvalue weighted by Gasteiger charge is 2.55. The van der Waals surface area contributed by atoms with Gasteiger partial charge in [-0.15, -0.1) is 12.4 Å². The molecule has 3 aromatic rings. The Bertz CT molecular complexity index is 1410. The van der Waals surface area contributed by atoms with Crippen molar-refractivity contribution < 1.29 is 19.1 Å². The van der Waals surface area contributed by atoms with Crippen LogP contribution in [0.2, 0.25) is 0 Å². The first kappa shape index (κ1) is 32.0. The summed E-state index contributed by atoms with van der Waals surface area (Å²) in [4.78, 5) is 43.5. The van der Waals surface area contributed by atoms with Gasteiger partial charge in [-0.05, 0) is 60.2 Å². The highest BCUT2D eigenvalue weighted by molar-refractivity contribution is 5.95. The van der Waals surface area contributed by atoms with E-state index in [0.717, 1.165) is 22.3 Å². The molecule has 3 N–H and O–H groups in total. The summed E-state index contributed by atoms with van der Waals surface area (Å²) in [5, 5.41) is 9.20. The average molecular weight is 605 g/mol. The van der Waals surface area contributed by atoms with E-state index >= 15 is 0 Å². The molecule has 228 valence electrons. The van der Waals surface area contributed by atoms with Crippen molar-refractivity contribution >= 4 is 30.1 Å². The van der Waals surface area contributed by atoms with Gasteiger partial charge in [0.2, 0.25) is 17.7 Å². The standard InChI is InChI=1S/C34H40N4O4.ClH/c1-21(35-4)31(39)36-27-18-24-16-17-25(42-5)19-26(24)28-20-34(2,3)30(38(28)33(27)41)32(40)37-29(22-12-8-6-9-13-22)23-14-10-7-11-15-23;/h6-17,19,21,27-30,35H,18,20H2,1-5H3,(H,36,39)(H,37,40);1H/t21-,27-,28+,30?;/m0./s1. The zero-order valence-corrected chi connectivity index (χ0v) is 26.1. The van der Waals surface area contributed by atoms with Crippen LogP contribution in [0.25, 0.3) is 0 Å². The molecule has 0 saturated carbocycles. The number of hydrogen-bond donors (Lipinski definition) is 3. The molecule has 1 saturated heterocycles. The molecule has 0 aromatic heterocycles. The highest BCUT2D eigenvalue weighted by Crippen LogP contribution is 2.50. The first-order valence-electron chi connectivity index (χ1n) is 14.5. The van der Waals surface area contributed by atoms with Crippen LogP contribution in [-0.2, 0) is 20.8 Å². The number of methoxy groups -OCH3 is 1. The fourth-order valence-corrected chi connectivity index (χ4v) is 6.38. The van der Waals surface area contributed by atoms with Gasteiger partial charge in [0.15, 0.2) is 0 Å². The Labute approximate surface area is 260 Å². The normalized spacial score (nSPS) is 21.1. The zero-order chi connectivity index (χ0) is 30.0. The van der Waals surface area contributed by atoms with Gasteiger partial charge in [-0.3, -0.25) is 14.4 Å². The van der Waals surface area contributed by atoms with E-state index in [0.29, 0.717) is 18.6 Å². The summed E-state index contributed by atoms with van der Waals surface area (Å²) in [7, 11) is 3.32. The molecule has 0 bridgehead atoms. The van der Waals surface area contributed by atoms with Crippen LogP contribution in [0.4, 0.5) is 0 Å². The minimum atomic E-state index is -0.811. The Morgan fingerprint density at radius 1 is 0.977 bits per heavy atom.